The number of methoxy groups -OCH3 is 1. The summed E-state index contributed by atoms with van der Waals surface area (Å²) in [5, 5.41) is 4.88. The fourth-order valence-electron chi connectivity index (χ4n) is 4.36. The number of hydrogen-bond acceptors (Lipinski definition) is 5. The van der Waals surface area contributed by atoms with Crippen LogP contribution in [-0.2, 0) is 13.1 Å². The van der Waals surface area contributed by atoms with Gasteiger partial charge in [-0.25, -0.2) is 0 Å². The summed E-state index contributed by atoms with van der Waals surface area (Å²) in [5.74, 6) is 2.11. The number of aromatic amines is 1. The van der Waals surface area contributed by atoms with E-state index in [1.807, 2.05) is 65.6 Å². The maximum atomic E-state index is 13.1. The molecule has 0 radical (unpaired) electrons. The second-order valence-electron chi connectivity index (χ2n) is 8.99. The number of nitrogens with one attached hydrogen (secondary N) is 2. The van der Waals surface area contributed by atoms with E-state index in [1.54, 1.807) is 7.11 Å². The number of hydrogen-bond donors (Lipinski definition) is 2. The van der Waals surface area contributed by atoms with Crippen LogP contribution < -0.4 is 25.1 Å². The van der Waals surface area contributed by atoms with Crippen LogP contribution in [-0.4, -0.2) is 35.3 Å². The molecule has 7 nitrogen and oxygen atoms in total. The highest BCUT2D eigenvalue weighted by Crippen LogP contribution is 2.33. The van der Waals surface area contributed by atoms with E-state index >= 15 is 0 Å². The third-order valence-electron chi connectivity index (χ3n) is 6.40. The molecule has 2 heterocycles. The Labute approximate surface area is 221 Å². The second-order valence-corrected chi connectivity index (χ2v) is 9.38. The number of fused-ring (bicyclic) bond motifs is 2. The van der Waals surface area contributed by atoms with Gasteiger partial charge >= 0.3 is 0 Å². The van der Waals surface area contributed by atoms with E-state index in [9.17, 15) is 4.79 Å². The van der Waals surface area contributed by atoms with Gasteiger partial charge in [0.1, 0.15) is 19.0 Å². The van der Waals surface area contributed by atoms with Gasteiger partial charge in [-0.2, -0.15) is 0 Å². The quantitative estimate of drug-likeness (QED) is 0.338. The first kappa shape index (κ1) is 24.6. The van der Waals surface area contributed by atoms with E-state index in [0.717, 1.165) is 22.3 Å². The first-order valence-electron chi connectivity index (χ1n) is 12.2. The Hall–Kier alpha value is -4.04. The molecule has 1 aliphatic rings. The summed E-state index contributed by atoms with van der Waals surface area (Å²) in [6.45, 7) is 3.92. The van der Waals surface area contributed by atoms with Crippen LogP contribution in [0.5, 0.6) is 17.2 Å². The first-order chi connectivity index (χ1) is 18.0. The van der Waals surface area contributed by atoms with Gasteiger partial charge in [-0.1, -0.05) is 42.5 Å². The Morgan fingerprint density at radius 3 is 2.43 bits per heavy atom. The van der Waals surface area contributed by atoms with Crippen molar-refractivity contribution in [3.05, 3.63) is 99.8 Å². The van der Waals surface area contributed by atoms with Gasteiger partial charge in [0.25, 0.3) is 5.56 Å². The molecule has 0 amide bonds. The van der Waals surface area contributed by atoms with Gasteiger partial charge in [-0.3, -0.25) is 4.79 Å². The molecule has 5 rings (SSSR count). The number of benzene rings is 3. The number of pyridine rings is 1. The van der Waals surface area contributed by atoms with E-state index in [2.05, 4.69) is 29.4 Å². The highest BCUT2D eigenvalue weighted by Gasteiger charge is 2.18. The largest absolute Gasteiger partial charge is 0.497 e. The number of rotatable bonds is 7. The van der Waals surface area contributed by atoms with Crippen molar-refractivity contribution in [1.29, 1.82) is 0 Å². The van der Waals surface area contributed by atoms with Crippen LogP contribution in [0, 0.1) is 0 Å². The van der Waals surface area contributed by atoms with Crippen molar-refractivity contribution < 1.29 is 14.2 Å². The standard InChI is InChI=1S/C29H29N3O4S/c1-19(21-6-4-3-5-7-21)30-29(37)32(17-20-8-10-24(34-2)11-9-20)18-23-14-22-15-26-27(36-13-12-35-26)16-25(22)31-28(23)33/h3-11,14-16,19H,12-13,17-18H2,1-2H3,(H,30,37)(H,31,33)/t19-/m1/s1. The summed E-state index contributed by atoms with van der Waals surface area (Å²) >= 11 is 5.86. The van der Waals surface area contributed by atoms with E-state index in [-0.39, 0.29) is 11.6 Å². The predicted molar refractivity (Wildman–Crippen MR) is 148 cm³/mol. The van der Waals surface area contributed by atoms with Gasteiger partial charge in [0.2, 0.25) is 0 Å². The molecule has 0 fully saturated rings. The van der Waals surface area contributed by atoms with E-state index < -0.39 is 0 Å². The molecule has 1 atom stereocenters. The highest BCUT2D eigenvalue weighted by atomic mass is 32.1. The van der Waals surface area contributed by atoms with Crippen molar-refractivity contribution in [2.75, 3.05) is 20.3 Å². The third kappa shape index (κ3) is 5.70. The number of thiocarbonyl (C=S) groups is 1. The van der Waals surface area contributed by atoms with Crippen molar-refractivity contribution in [3.8, 4) is 17.2 Å². The number of aromatic nitrogens is 1. The fourth-order valence-corrected chi connectivity index (χ4v) is 4.67. The zero-order valence-corrected chi connectivity index (χ0v) is 21.6. The first-order valence-corrected chi connectivity index (χ1v) is 12.6. The molecule has 0 bridgehead atoms. The molecule has 0 saturated heterocycles. The molecule has 1 aromatic heterocycles. The molecular formula is C29H29N3O4S. The summed E-state index contributed by atoms with van der Waals surface area (Å²) in [4.78, 5) is 18.1. The number of ether oxygens (including phenoxy) is 3. The maximum Gasteiger partial charge on any atom is 0.253 e. The number of H-pyrrole nitrogens is 1. The maximum absolute atomic E-state index is 13.1. The van der Waals surface area contributed by atoms with Crippen molar-refractivity contribution in [1.82, 2.24) is 15.2 Å². The van der Waals surface area contributed by atoms with Crippen LogP contribution >= 0.6 is 12.2 Å². The second kappa shape index (κ2) is 10.9. The van der Waals surface area contributed by atoms with E-state index in [1.165, 1.54) is 0 Å². The van der Waals surface area contributed by atoms with Gasteiger partial charge in [0.05, 0.1) is 25.2 Å². The Morgan fingerprint density at radius 1 is 1.03 bits per heavy atom. The summed E-state index contributed by atoms with van der Waals surface area (Å²) in [6.07, 6.45) is 0. The molecule has 2 N–H and O–H groups in total. The zero-order chi connectivity index (χ0) is 25.8. The summed E-state index contributed by atoms with van der Waals surface area (Å²) in [5.41, 5.74) is 3.33. The van der Waals surface area contributed by atoms with Gasteiger partial charge in [0, 0.05) is 23.6 Å². The molecule has 0 saturated carbocycles. The summed E-state index contributed by atoms with van der Waals surface area (Å²) < 4.78 is 16.7. The minimum absolute atomic E-state index is 0.00521. The van der Waals surface area contributed by atoms with Crippen molar-refractivity contribution in [3.63, 3.8) is 0 Å². The van der Waals surface area contributed by atoms with Gasteiger partial charge < -0.3 is 29.4 Å². The Balaban J connectivity index is 1.44. The van der Waals surface area contributed by atoms with E-state index in [0.29, 0.717) is 54.0 Å². The van der Waals surface area contributed by atoms with Crippen LogP contribution in [0.2, 0.25) is 0 Å². The van der Waals surface area contributed by atoms with Gasteiger partial charge in [-0.15, -0.1) is 0 Å². The van der Waals surface area contributed by atoms with Crippen molar-refractivity contribution >= 4 is 28.2 Å². The topological polar surface area (TPSA) is 75.8 Å². The van der Waals surface area contributed by atoms with Crippen LogP contribution in [0.1, 0.15) is 29.7 Å². The lowest BCUT2D eigenvalue weighted by Gasteiger charge is -2.28. The lowest BCUT2D eigenvalue weighted by molar-refractivity contribution is 0.172. The van der Waals surface area contributed by atoms with Crippen LogP contribution in [0.25, 0.3) is 10.9 Å². The average Bonchev–Trinajstić information content (AvgIpc) is 2.92. The Kier molecular flexibility index (Phi) is 7.28. The minimum Gasteiger partial charge on any atom is -0.497 e. The molecule has 37 heavy (non-hydrogen) atoms. The lowest BCUT2D eigenvalue weighted by Crippen LogP contribution is -2.41. The van der Waals surface area contributed by atoms with Gasteiger partial charge in [0.15, 0.2) is 16.6 Å². The minimum atomic E-state index is -0.164. The molecule has 0 spiro atoms. The monoisotopic (exact) mass is 515 g/mol. The lowest BCUT2D eigenvalue weighted by atomic mass is 10.1. The smallest absolute Gasteiger partial charge is 0.253 e. The van der Waals surface area contributed by atoms with Crippen LogP contribution in [0.4, 0.5) is 0 Å². The van der Waals surface area contributed by atoms with Crippen LogP contribution in [0.3, 0.4) is 0 Å². The normalized spacial score (nSPS) is 13.1. The third-order valence-corrected chi connectivity index (χ3v) is 6.78. The summed E-state index contributed by atoms with van der Waals surface area (Å²) in [7, 11) is 1.64. The zero-order valence-electron chi connectivity index (χ0n) is 20.8. The summed E-state index contributed by atoms with van der Waals surface area (Å²) in [6, 6.07) is 23.6. The number of nitrogens with zero attached hydrogens (tertiary/aromatic N) is 1. The molecule has 0 aliphatic carbocycles. The van der Waals surface area contributed by atoms with Gasteiger partial charge in [-0.05, 0) is 54.5 Å². The molecule has 0 unspecified atom stereocenters. The highest BCUT2D eigenvalue weighted by molar-refractivity contribution is 7.80. The molecule has 1 aliphatic heterocycles. The van der Waals surface area contributed by atoms with Crippen molar-refractivity contribution in [2.24, 2.45) is 0 Å². The van der Waals surface area contributed by atoms with Crippen molar-refractivity contribution in [2.45, 2.75) is 26.1 Å². The predicted octanol–water partition coefficient (Wildman–Crippen LogP) is 4.95. The Bertz CT molecular complexity index is 1450. The average molecular weight is 516 g/mol. The molecular weight excluding hydrogens is 486 g/mol. The molecule has 8 heteroatoms. The molecule has 190 valence electrons. The van der Waals surface area contributed by atoms with E-state index in [4.69, 9.17) is 26.4 Å². The fraction of sp³-hybridized carbons (Fsp3) is 0.241. The molecule has 3 aromatic carbocycles. The molecule has 4 aromatic rings. The Morgan fingerprint density at radius 2 is 1.73 bits per heavy atom. The van der Waals surface area contributed by atoms with Crippen LogP contribution in [0.15, 0.2) is 77.6 Å². The SMILES string of the molecule is COc1ccc(CN(Cc2cc3cc4c(cc3[nH]c2=O)OCCO4)C(=S)N[C@H](C)c2ccccc2)cc1.